The lowest BCUT2D eigenvalue weighted by Gasteiger charge is -2.26. The molecule has 8 heteroatoms. The molecule has 0 bridgehead atoms. The van der Waals surface area contributed by atoms with Gasteiger partial charge in [-0.15, -0.1) is 0 Å². The molecular formula is C23H28N4O3S. The summed E-state index contributed by atoms with van der Waals surface area (Å²) >= 11 is 0. The highest BCUT2D eigenvalue weighted by Crippen LogP contribution is 2.22. The van der Waals surface area contributed by atoms with E-state index >= 15 is 0 Å². The molecule has 2 aliphatic heterocycles. The van der Waals surface area contributed by atoms with Crippen molar-refractivity contribution >= 4 is 21.8 Å². The van der Waals surface area contributed by atoms with Gasteiger partial charge in [0, 0.05) is 18.7 Å². The van der Waals surface area contributed by atoms with Crippen LogP contribution in [-0.4, -0.2) is 44.2 Å². The molecule has 164 valence electrons. The Bertz CT molecular complexity index is 1070. The second kappa shape index (κ2) is 9.20. The molecule has 2 aromatic rings. The third kappa shape index (κ3) is 5.14. The lowest BCUT2D eigenvalue weighted by molar-refractivity contribution is -0.122. The van der Waals surface area contributed by atoms with Crippen molar-refractivity contribution in [2.45, 2.75) is 50.2 Å². The van der Waals surface area contributed by atoms with Crippen LogP contribution in [-0.2, 0) is 27.9 Å². The minimum Gasteiger partial charge on any atom is -0.350 e. The number of amidine groups is 1. The van der Waals surface area contributed by atoms with Crippen LogP contribution >= 0.6 is 0 Å². The quantitative estimate of drug-likeness (QED) is 0.722. The number of hydrogen-bond acceptors (Lipinski definition) is 5. The third-order valence-electron chi connectivity index (χ3n) is 5.71. The standard InChI is InChI=1S/C23H28N4O3S/c1-17(25-22-20-7-3-4-8-21(20)31(29,30)26-22)23(28)24-15-18-9-11-19(12-10-18)16-27-13-5-2-6-14-27/h3-4,7-12,17H,2,5-6,13-16H2,1H3,(H,24,28)(H,25,26)/t17-/m0/s1. The van der Waals surface area contributed by atoms with E-state index in [1.807, 2.05) is 12.1 Å². The highest BCUT2D eigenvalue weighted by atomic mass is 32.2. The van der Waals surface area contributed by atoms with E-state index in [0.29, 0.717) is 12.1 Å². The summed E-state index contributed by atoms with van der Waals surface area (Å²) in [6.45, 7) is 5.36. The summed E-state index contributed by atoms with van der Waals surface area (Å²) in [5.41, 5.74) is 2.79. The van der Waals surface area contributed by atoms with E-state index in [0.717, 1.165) is 12.1 Å². The van der Waals surface area contributed by atoms with Gasteiger partial charge < -0.3 is 5.32 Å². The van der Waals surface area contributed by atoms with Crippen molar-refractivity contribution in [1.82, 2.24) is 14.9 Å². The van der Waals surface area contributed by atoms with Crippen molar-refractivity contribution in [1.29, 1.82) is 0 Å². The first-order chi connectivity index (χ1) is 14.9. The van der Waals surface area contributed by atoms with E-state index < -0.39 is 16.1 Å². The first-order valence-corrected chi connectivity index (χ1v) is 12.2. The van der Waals surface area contributed by atoms with Crippen LogP contribution in [0, 0.1) is 0 Å². The smallest absolute Gasteiger partial charge is 0.263 e. The highest BCUT2D eigenvalue weighted by molar-refractivity contribution is 7.90. The predicted molar refractivity (Wildman–Crippen MR) is 120 cm³/mol. The van der Waals surface area contributed by atoms with Crippen LogP contribution < -0.4 is 10.0 Å². The summed E-state index contributed by atoms with van der Waals surface area (Å²) in [7, 11) is -3.61. The molecule has 0 aliphatic carbocycles. The van der Waals surface area contributed by atoms with Gasteiger partial charge in [0.25, 0.3) is 10.0 Å². The van der Waals surface area contributed by atoms with Gasteiger partial charge >= 0.3 is 0 Å². The average molecular weight is 441 g/mol. The molecule has 0 radical (unpaired) electrons. The zero-order valence-electron chi connectivity index (χ0n) is 17.7. The fourth-order valence-electron chi connectivity index (χ4n) is 3.96. The minimum atomic E-state index is -3.61. The molecule has 1 amide bonds. The number of sulfonamides is 1. The normalized spacial score (nSPS) is 20.1. The fourth-order valence-corrected chi connectivity index (χ4v) is 5.20. The Hall–Kier alpha value is -2.71. The first-order valence-electron chi connectivity index (χ1n) is 10.7. The van der Waals surface area contributed by atoms with Gasteiger partial charge in [0.1, 0.15) is 11.9 Å². The molecule has 1 fully saturated rings. The summed E-state index contributed by atoms with van der Waals surface area (Å²) < 4.78 is 26.8. The maximum atomic E-state index is 12.5. The number of benzene rings is 2. The Balaban J connectivity index is 1.33. The second-order valence-electron chi connectivity index (χ2n) is 8.13. The number of piperidine rings is 1. The maximum Gasteiger partial charge on any atom is 0.263 e. The van der Waals surface area contributed by atoms with Gasteiger partial charge in [0.2, 0.25) is 5.91 Å². The van der Waals surface area contributed by atoms with Gasteiger partial charge in [0.05, 0.1) is 4.90 Å². The molecule has 2 aliphatic rings. The molecule has 31 heavy (non-hydrogen) atoms. The number of carbonyl (C=O) groups is 1. The zero-order chi connectivity index (χ0) is 21.8. The van der Waals surface area contributed by atoms with Crippen molar-refractivity contribution in [3.8, 4) is 0 Å². The number of rotatable bonds is 6. The summed E-state index contributed by atoms with van der Waals surface area (Å²) in [6.07, 6.45) is 3.89. The van der Waals surface area contributed by atoms with E-state index in [2.05, 4.69) is 32.1 Å². The number of carbonyl (C=O) groups excluding carboxylic acids is 1. The number of nitrogens with one attached hydrogen (secondary N) is 2. The van der Waals surface area contributed by atoms with E-state index in [1.165, 1.54) is 44.0 Å². The Labute approximate surface area is 183 Å². The number of nitrogens with zero attached hydrogens (tertiary/aromatic N) is 2. The average Bonchev–Trinajstić information content (AvgIpc) is 3.04. The van der Waals surface area contributed by atoms with E-state index in [-0.39, 0.29) is 16.6 Å². The molecule has 7 nitrogen and oxygen atoms in total. The second-order valence-corrected chi connectivity index (χ2v) is 9.78. The zero-order valence-corrected chi connectivity index (χ0v) is 18.5. The van der Waals surface area contributed by atoms with Crippen LogP contribution in [0.2, 0.25) is 0 Å². The number of amides is 1. The molecule has 1 atom stereocenters. The van der Waals surface area contributed by atoms with Crippen LogP contribution in [0.5, 0.6) is 0 Å². The van der Waals surface area contributed by atoms with Gasteiger partial charge in [-0.05, 0) is 56.1 Å². The summed E-state index contributed by atoms with van der Waals surface area (Å²) in [5.74, 6) is -0.0474. The van der Waals surface area contributed by atoms with Gasteiger partial charge in [0.15, 0.2) is 0 Å². The Morgan fingerprint density at radius 1 is 1.06 bits per heavy atom. The first kappa shape index (κ1) is 21.5. The van der Waals surface area contributed by atoms with E-state index in [9.17, 15) is 13.2 Å². The molecule has 0 aromatic heterocycles. The lowest BCUT2D eigenvalue weighted by atomic mass is 10.1. The largest absolute Gasteiger partial charge is 0.350 e. The fraction of sp³-hybridized carbons (Fsp3) is 0.391. The molecule has 2 N–H and O–H groups in total. The Kier molecular flexibility index (Phi) is 6.38. The molecule has 2 heterocycles. The SMILES string of the molecule is C[C@H](N=C1NS(=O)(=O)c2ccccc21)C(=O)NCc1ccc(CN2CCCCC2)cc1. The van der Waals surface area contributed by atoms with E-state index in [1.54, 1.807) is 25.1 Å². The number of aliphatic imine (C=N–C) groups is 1. The lowest BCUT2D eigenvalue weighted by Crippen LogP contribution is -2.33. The summed E-state index contributed by atoms with van der Waals surface area (Å²) in [6, 6.07) is 14.2. The van der Waals surface area contributed by atoms with Crippen LogP contribution in [0.4, 0.5) is 0 Å². The molecule has 2 aromatic carbocycles. The van der Waals surface area contributed by atoms with E-state index in [4.69, 9.17) is 0 Å². The third-order valence-corrected chi connectivity index (χ3v) is 7.11. The van der Waals surface area contributed by atoms with Gasteiger partial charge in [-0.3, -0.25) is 19.4 Å². The Morgan fingerprint density at radius 2 is 1.74 bits per heavy atom. The van der Waals surface area contributed by atoms with Crippen LogP contribution in [0.15, 0.2) is 58.4 Å². The molecule has 4 rings (SSSR count). The van der Waals surface area contributed by atoms with Crippen molar-refractivity contribution in [2.24, 2.45) is 4.99 Å². The predicted octanol–water partition coefficient (Wildman–Crippen LogP) is 2.42. The van der Waals surface area contributed by atoms with Gasteiger partial charge in [-0.2, -0.15) is 0 Å². The Morgan fingerprint density at radius 3 is 2.48 bits per heavy atom. The van der Waals surface area contributed by atoms with Crippen LogP contribution in [0.1, 0.15) is 42.9 Å². The molecule has 0 unspecified atom stereocenters. The molecule has 0 saturated carbocycles. The summed E-state index contributed by atoms with van der Waals surface area (Å²) in [5, 5.41) is 2.88. The van der Waals surface area contributed by atoms with Crippen LogP contribution in [0.3, 0.4) is 0 Å². The maximum absolute atomic E-state index is 12.5. The number of likely N-dealkylation sites (tertiary alicyclic amines) is 1. The number of fused-ring (bicyclic) bond motifs is 1. The van der Waals surface area contributed by atoms with Crippen LogP contribution in [0.25, 0.3) is 0 Å². The molecule has 1 saturated heterocycles. The molecular weight excluding hydrogens is 412 g/mol. The number of hydrogen-bond donors (Lipinski definition) is 2. The van der Waals surface area contributed by atoms with Gasteiger partial charge in [-0.25, -0.2) is 8.42 Å². The van der Waals surface area contributed by atoms with Gasteiger partial charge in [-0.1, -0.05) is 42.8 Å². The van der Waals surface area contributed by atoms with Crippen molar-refractivity contribution < 1.29 is 13.2 Å². The van der Waals surface area contributed by atoms with Crippen molar-refractivity contribution in [2.75, 3.05) is 13.1 Å². The van der Waals surface area contributed by atoms with Crippen molar-refractivity contribution in [3.63, 3.8) is 0 Å². The monoisotopic (exact) mass is 440 g/mol. The highest BCUT2D eigenvalue weighted by Gasteiger charge is 2.31. The van der Waals surface area contributed by atoms with Crippen molar-refractivity contribution in [3.05, 3.63) is 65.2 Å². The topological polar surface area (TPSA) is 90.9 Å². The summed E-state index contributed by atoms with van der Waals surface area (Å²) in [4.78, 5) is 19.5. The molecule has 0 spiro atoms. The minimum absolute atomic E-state index is 0.186.